The van der Waals surface area contributed by atoms with E-state index in [0.29, 0.717) is 19.5 Å². The molecule has 0 heterocycles. The number of hydrogen-bond acceptors (Lipinski definition) is 5. The van der Waals surface area contributed by atoms with Crippen molar-refractivity contribution < 1.29 is 9.72 Å². The average Bonchev–Trinajstić information content (AvgIpc) is 2.54. The Balaban J connectivity index is 2.79. The van der Waals surface area contributed by atoms with Gasteiger partial charge in [0.1, 0.15) is 0 Å². The van der Waals surface area contributed by atoms with Crippen molar-refractivity contribution >= 4 is 11.6 Å². The summed E-state index contributed by atoms with van der Waals surface area (Å²) in [5.74, 6) is -0.0238. The number of nitrogens with zero attached hydrogens (tertiary/aromatic N) is 1. The lowest BCUT2D eigenvalue weighted by atomic mass is 9.93. The van der Waals surface area contributed by atoms with E-state index in [1.165, 1.54) is 12.1 Å². The van der Waals surface area contributed by atoms with Crippen molar-refractivity contribution in [2.24, 2.45) is 16.6 Å². The number of rotatable bonds is 9. The first-order valence-corrected chi connectivity index (χ1v) is 8.90. The van der Waals surface area contributed by atoms with Crippen LogP contribution in [0.3, 0.4) is 0 Å². The highest BCUT2D eigenvalue weighted by Crippen LogP contribution is 2.16. The summed E-state index contributed by atoms with van der Waals surface area (Å²) >= 11 is 0. The highest BCUT2D eigenvalue weighted by Gasteiger charge is 2.24. The maximum Gasteiger partial charge on any atom is 0.269 e. The second-order valence-corrected chi connectivity index (χ2v) is 8.55. The van der Waals surface area contributed by atoms with Crippen molar-refractivity contribution in [2.45, 2.75) is 47.1 Å². The van der Waals surface area contributed by atoms with Crippen LogP contribution < -0.4 is 16.4 Å². The summed E-state index contributed by atoms with van der Waals surface area (Å²) in [6, 6.07) is 6.33. The maximum atomic E-state index is 12.4. The van der Waals surface area contributed by atoms with Gasteiger partial charge < -0.3 is 16.4 Å². The standard InChI is InChI=1S/C19H32N4O3/c1-18(2,3)17(24)22-15(11-21-13-19(4,5)12-20)10-14-6-8-16(9-7-14)23(25)26/h6-9,15,21H,10-13,20H2,1-5H3,(H,22,24). The molecular formula is C19H32N4O3. The van der Waals surface area contributed by atoms with Gasteiger partial charge in [0.15, 0.2) is 0 Å². The largest absolute Gasteiger partial charge is 0.351 e. The molecule has 0 bridgehead atoms. The smallest absolute Gasteiger partial charge is 0.269 e. The van der Waals surface area contributed by atoms with E-state index in [4.69, 9.17) is 5.73 Å². The number of benzene rings is 1. The van der Waals surface area contributed by atoms with Gasteiger partial charge in [0, 0.05) is 36.7 Å². The summed E-state index contributed by atoms with van der Waals surface area (Å²) in [6.07, 6.45) is 0.593. The van der Waals surface area contributed by atoms with Crippen LogP contribution in [0.15, 0.2) is 24.3 Å². The van der Waals surface area contributed by atoms with Gasteiger partial charge >= 0.3 is 0 Å². The molecule has 0 aliphatic heterocycles. The fourth-order valence-electron chi connectivity index (χ4n) is 2.27. The molecule has 1 aromatic carbocycles. The van der Waals surface area contributed by atoms with Gasteiger partial charge in [0.2, 0.25) is 5.91 Å². The van der Waals surface area contributed by atoms with E-state index in [1.807, 2.05) is 20.8 Å². The number of hydrogen-bond donors (Lipinski definition) is 3. The number of nitrogens with one attached hydrogen (secondary N) is 2. The third-order valence-electron chi connectivity index (χ3n) is 4.19. The number of non-ortho nitro benzene ring substituents is 1. The molecule has 1 unspecified atom stereocenters. The Bertz CT molecular complexity index is 606. The maximum absolute atomic E-state index is 12.4. The molecule has 1 rings (SSSR count). The second-order valence-electron chi connectivity index (χ2n) is 8.55. The van der Waals surface area contributed by atoms with Crippen molar-refractivity contribution in [2.75, 3.05) is 19.6 Å². The third-order valence-corrected chi connectivity index (χ3v) is 4.19. The molecule has 1 aromatic rings. The Morgan fingerprint density at radius 1 is 1.19 bits per heavy atom. The molecule has 7 heteroatoms. The fraction of sp³-hybridized carbons (Fsp3) is 0.632. The topological polar surface area (TPSA) is 110 Å². The van der Waals surface area contributed by atoms with E-state index in [-0.39, 0.29) is 23.1 Å². The lowest BCUT2D eigenvalue weighted by molar-refractivity contribution is -0.384. The van der Waals surface area contributed by atoms with Crippen molar-refractivity contribution in [3.63, 3.8) is 0 Å². The van der Waals surface area contributed by atoms with Crippen LogP contribution in [0.4, 0.5) is 5.69 Å². The van der Waals surface area contributed by atoms with E-state index in [0.717, 1.165) is 12.1 Å². The van der Waals surface area contributed by atoms with Gasteiger partial charge in [-0.2, -0.15) is 0 Å². The van der Waals surface area contributed by atoms with Crippen LogP contribution >= 0.6 is 0 Å². The molecule has 0 aliphatic carbocycles. The van der Waals surface area contributed by atoms with E-state index < -0.39 is 10.3 Å². The zero-order valence-electron chi connectivity index (χ0n) is 16.5. The van der Waals surface area contributed by atoms with Crippen LogP contribution in [-0.2, 0) is 11.2 Å². The molecule has 7 nitrogen and oxygen atoms in total. The predicted octanol–water partition coefficient (Wildman–Crippen LogP) is 2.24. The summed E-state index contributed by atoms with van der Waals surface area (Å²) in [5, 5.41) is 17.2. The number of carbonyl (C=O) groups excluding carboxylic acids is 1. The number of carbonyl (C=O) groups is 1. The Kier molecular flexibility index (Phi) is 7.71. The van der Waals surface area contributed by atoms with Crippen molar-refractivity contribution in [3.05, 3.63) is 39.9 Å². The normalized spacial score (nSPS) is 13.3. The summed E-state index contributed by atoms with van der Waals surface area (Å²) in [7, 11) is 0. The Labute approximate surface area is 155 Å². The molecule has 0 radical (unpaired) electrons. The molecule has 0 fully saturated rings. The molecule has 0 saturated carbocycles. The van der Waals surface area contributed by atoms with Crippen LogP contribution in [0.25, 0.3) is 0 Å². The fourth-order valence-corrected chi connectivity index (χ4v) is 2.27. The minimum Gasteiger partial charge on any atom is -0.351 e. The van der Waals surface area contributed by atoms with Crippen molar-refractivity contribution in [1.29, 1.82) is 0 Å². The molecule has 146 valence electrons. The summed E-state index contributed by atoms with van der Waals surface area (Å²) in [5.41, 5.74) is 6.26. The van der Waals surface area contributed by atoms with Crippen LogP contribution in [0.1, 0.15) is 40.2 Å². The third kappa shape index (κ3) is 7.49. The predicted molar refractivity (Wildman–Crippen MR) is 104 cm³/mol. The molecule has 4 N–H and O–H groups in total. The summed E-state index contributed by atoms with van der Waals surface area (Å²) in [4.78, 5) is 22.7. The van der Waals surface area contributed by atoms with Gasteiger partial charge in [-0.3, -0.25) is 14.9 Å². The Morgan fingerprint density at radius 3 is 2.23 bits per heavy atom. The van der Waals surface area contributed by atoms with Gasteiger partial charge in [-0.05, 0) is 23.9 Å². The lowest BCUT2D eigenvalue weighted by Crippen LogP contribution is -2.49. The van der Waals surface area contributed by atoms with Gasteiger partial charge in [-0.1, -0.05) is 46.8 Å². The SMILES string of the molecule is CC(C)(CN)CNCC(Cc1ccc([N+](=O)[O-])cc1)NC(=O)C(C)(C)C. The lowest BCUT2D eigenvalue weighted by Gasteiger charge is -2.27. The van der Waals surface area contributed by atoms with E-state index >= 15 is 0 Å². The number of nitro benzene ring substituents is 1. The van der Waals surface area contributed by atoms with Crippen molar-refractivity contribution in [3.8, 4) is 0 Å². The first-order valence-electron chi connectivity index (χ1n) is 8.90. The number of nitro groups is 1. The number of amides is 1. The quantitative estimate of drug-likeness (QED) is 0.460. The highest BCUT2D eigenvalue weighted by molar-refractivity contribution is 5.81. The zero-order chi connectivity index (χ0) is 20.0. The first kappa shape index (κ1) is 22.1. The Hall–Kier alpha value is -1.99. The Morgan fingerprint density at radius 2 is 1.77 bits per heavy atom. The van der Waals surface area contributed by atoms with Crippen molar-refractivity contribution in [1.82, 2.24) is 10.6 Å². The van der Waals surface area contributed by atoms with Gasteiger partial charge in [0.05, 0.1) is 4.92 Å². The van der Waals surface area contributed by atoms with Crippen LogP contribution in [-0.4, -0.2) is 36.5 Å². The van der Waals surface area contributed by atoms with Gasteiger partial charge in [-0.15, -0.1) is 0 Å². The molecule has 0 saturated heterocycles. The average molecular weight is 364 g/mol. The molecule has 0 spiro atoms. The molecule has 26 heavy (non-hydrogen) atoms. The molecular weight excluding hydrogens is 332 g/mol. The van der Waals surface area contributed by atoms with Crippen LogP contribution in [0, 0.1) is 20.9 Å². The molecule has 1 amide bonds. The summed E-state index contributed by atoms with van der Waals surface area (Å²) < 4.78 is 0. The van der Waals surface area contributed by atoms with E-state index in [2.05, 4.69) is 24.5 Å². The first-order chi connectivity index (χ1) is 11.9. The highest BCUT2D eigenvalue weighted by atomic mass is 16.6. The van der Waals surface area contributed by atoms with Gasteiger partial charge in [-0.25, -0.2) is 0 Å². The monoisotopic (exact) mass is 364 g/mol. The summed E-state index contributed by atoms with van der Waals surface area (Å²) in [6.45, 7) is 11.7. The van der Waals surface area contributed by atoms with Crippen LogP contribution in [0.2, 0.25) is 0 Å². The zero-order valence-corrected chi connectivity index (χ0v) is 16.5. The van der Waals surface area contributed by atoms with Crippen LogP contribution in [0.5, 0.6) is 0 Å². The van der Waals surface area contributed by atoms with E-state index in [9.17, 15) is 14.9 Å². The van der Waals surface area contributed by atoms with Gasteiger partial charge in [0.25, 0.3) is 5.69 Å². The molecule has 1 atom stereocenters. The molecule has 0 aliphatic rings. The second kappa shape index (κ2) is 9.09. The van der Waals surface area contributed by atoms with E-state index in [1.54, 1.807) is 12.1 Å². The molecule has 0 aromatic heterocycles. The number of nitrogens with two attached hydrogens (primary N) is 1. The minimum atomic E-state index is -0.482. The minimum absolute atomic E-state index is 0.0219.